The van der Waals surface area contributed by atoms with Gasteiger partial charge in [-0.1, -0.05) is 11.8 Å². The fourth-order valence-corrected chi connectivity index (χ4v) is 2.69. The van der Waals surface area contributed by atoms with Gasteiger partial charge in [0.25, 0.3) is 0 Å². The number of thiophene rings is 1. The average molecular weight is 221 g/mol. The van der Waals surface area contributed by atoms with Gasteiger partial charge in [-0.25, -0.2) is 0 Å². The van der Waals surface area contributed by atoms with Crippen LogP contribution in [0, 0.1) is 11.8 Å². The van der Waals surface area contributed by atoms with Gasteiger partial charge in [-0.15, -0.1) is 11.3 Å². The summed E-state index contributed by atoms with van der Waals surface area (Å²) >= 11 is 1.76. The highest BCUT2D eigenvalue weighted by Crippen LogP contribution is 2.18. The molecule has 0 bridgehead atoms. The summed E-state index contributed by atoms with van der Waals surface area (Å²) in [6, 6.07) is 2.13. The number of likely N-dealkylation sites (tertiary alicyclic amines) is 1. The Labute approximate surface area is 94.5 Å². The van der Waals surface area contributed by atoms with Crippen molar-refractivity contribution in [3.8, 4) is 11.8 Å². The summed E-state index contributed by atoms with van der Waals surface area (Å²) in [5.74, 6) is 5.60. The molecule has 0 spiro atoms. The van der Waals surface area contributed by atoms with Gasteiger partial charge < -0.3 is 5.11 Å². The fourth-order valence-electron chi connectivity index (χ4n) is 1.83. The van der Waals surface area contributed by atoms with Crippen molar-refractivity contribution in [2.75, 3.05) is 19.7 Å². The lowest BCUT2D eigenvalue weighted by molar-refractivity contribution is 0.334. The van der Waals surface area contributed by atoms with E-state index in [0.717, 1.165) is 12.1 Å². The Morgan fingerprint density at radius 3 is 2.93 bits per heavy atom. The number of hydrogen-bond donors (Lipinski definition) is 1. The van der Waals surface area contributed by atoms with Crippen molar-refractivity contribution in [1.29, 1.82) is 0 Å². The average Bonchev–Trinajstić information content (AvgIpc) is 2.87. The molecule has 0 atom stereocenters. The minimum Gasteiger partial charge on any atom is -0.384 e. The molecule has 2 rings (SSSR count). The maximum absolute atomic E-state index is 8.59. The monoisotopic (exact) mass is 221 g/mol. The van der Waals surface area contributed by atoms with Gasteiger partial charge in [-0.3, -0.25) is 4.90 Å². The second-order valence-corrected chi connectivity index (χ2v) is 4.74. The van der Waals surface area contributed by atoms with Crippen LogP contribution in [-0.2, 0) is 6.54 Å². The van der Waals surface area contributed by atoms with Crippen molar-refractivity contribution in [3.05, 3.63) is 21.9 Å². The van der Waals surface area contributed by atoms with Crippen molar-refractivity contribution < 1.29 is 5.11 Å². The number of rotatable bonds is 2. The van der Waals surface area contributed by atoms with Gasteiger partial charge in [0.1, 0.15) is 6.61 Å². The first-order chi connectivity index (χ1) is 7.38. The number of aliphatic hydroxyl groups excluding tert-OH is 1. The zero-order valence-electron chi connectivity index (χ0n) is 8.70. The smallest absolute Gasteiger partial charge is 0.104 e. The third-order valence-corrected chi connectivity index (χ3v) is 3.47. The number of nitrogens with zero attached hydrogens (tertiary/aromatic N) is 1. The van der Waals surface area contributed by atoms with Crippen molar-refractivity contribution in [2.45, 2.75) is 19.4 Å². The zero-order chi connectivity index (χ0) is 10.5. The van der Waals surface area contributed by atoms with Crippen molar-refractivity contribution in [1.82, 2.24) is 4.90 Å². The van der Waals surface area contributed by atoms with Crippen LogP contribution in [0.4, 0.5) is 0 Å². The van der Waals surface area contributed by atoms with Crippen LogP contribution >= 0.6 is 11.3 Å². The first-order valence-corrected chi connectivity index (χ1v) is 6.16. The second kappa shape index (κ2) is 5.32. The van der Waals surface area contributed by atoms with Crippen LogP contribution in [0.1, 0.15) is 23.3 Å². The molecule has 0 amide bonds. The molecule has 15 heavy (non-hydrogen) atoms. The van der Waals surface area contributed by atoms with E-state index >= 15 is 0 Å². The number of hydrogen-bond acceptors (Lipinski definition) is 3. The van der Waals surface area contributed by atoms with Crippen molar-refractivity contribution >= 4 is 11.3 Å². The van der Waals surface area contributed by atoms with Crippen LogP contribution in [0.5, 0.6) is 0 Å². The first-order valence-electron chi connectivity index (χ1n) is 5.28. The molecule has 0 saturated carbocycles. The van der Waals surface area contributed by atoms with Crippen LogP contribution in [0.2, 0.25) is 0 Å². The van der Waals surface area contributed by atoms with Crippen LogP contribution in [0.15, 0.2) is 11.4 Å². The van der Waals surface area contributed by atoms with E-state index in [1.807, 2.05) is 0 Å². The molecular formula is C12H15NOS. The normalized spacial score (nSPS) is 16.3. The van der Waals surface area contributed by atoms with Gasteiger partial charge >= 0.3 is 0 Å². The molecule has 0 aliphatic carbocycles. The molecule has 80 valence electrons. The third-order valence-electron chi connectivity index (χ3n) is 2.54. The van der Waals surface area contributed by atoms with E-state index < -0.39 is 0 Å². The highest BCUT2D eigenvalue weighted by atomic mass is 32.1. The Hall–Kier alpha value is -0.820. The molecule has 2 nitrogen and oxygen atoms in total. The summed E-state index contributed by atoms with van der Waals surface area (Å²) in [6.07, 6.45) is 2.67. The lowest BCUT2D eigenvalue weighted by atomic mass is 10.3. The van der Waals surface area contributed by atoms with Crippen molar-refractivity contribution in [3.63, 3.8) is 0 Å². The summed E-state index contributed by atoms with van der Waals surface area (Å²) in [6.45, 7) is 3.47. The minimum absolute atomic E-state index is 0.0582. The molecule has 3 heteroatoms. The lowest BCUT2D eigenvalue weighted by Crippen LogP contribution is -2.17. The molecule has 1 N–H and O–H groups in total. The van der Waals surface area contributed by atoms with Crippen LogP contribution < -0.4 is 0 Å². The van der Waals surface area contributed by atoms with Gasteiger partial charge in [0.05, 0.1) is 0 Å². The van der Waals surface area contributed by atoms with Gasteiger partial charge in [-0.2, -0.15) is 0 Å². The topological polar surface area (TPSA) is 23.5 Å². The molecule has 1 aliphatic rings. The van der Waals surface area contributed by atoms with Crippen LogP contribution in [0.3, 0.4) is 0 Å². The Bertz CT molecular complexity index is 368. The van der Waals surface area contributed by atoms with E-state index in [-0.39, 0.29) is 6.61 Å². The van der Waals surface area contributed by atoms with Gasteiger partial charge in [0.15, 0.2) is 0 Å². The van der Waals surface area contributed by atoms with E-state index in [9.17, 15) is 0 Å². The second-order valence-electron chi connectivity index (χ2n) is 3.74. The molecule has 2 heterocycles. The predicted octanol–water partition coefficient (Wildman–Crippen LogP) is 1.69. The Morgan fingerprint density at radius 1 is 1.40 bits per heavy atom. The Balaban J connectivity index is 1.94. The Morgan fingerprint density at radius 2 is 2.20 bits per heavy atom. The van der Waals surface area contributed by atoms with Crippen LogP contribution in [0.25, 0.3) is 0 Å². The SMILES string of the molecule is OCC#Cc1csc(CN2CCCC2)c1. The van der Waals surface area contributed by atoms with E-state index in [1.165, 1.54) is 30.8 Å². The van der Waals surface area contributed by atoms with E-state index in [0.29, 0.717) is 0 Å². The van der Waals surface area contributed by atoms with E-state index in [4.69, 9.17) is 5.11 Å². The highest BCUT2D eigenvalue weighted by Gasteiger charge is 2.12. The van der Waals surface area contributed by atoms with E-state index in [2.05, 4.69) is 28.2 Å². The molecule has 1 fully saturated rings. The minimum atomic E-state index is -0.0582. The maximum atomic E-state index is 8.59. The predicted molar refractivity (Wildman–Crippen MR) is 62.8 cm³/mol. The Kier molecular flexibility index (Phi) is 3.79. The standard InChI is InChI=1S/C12H15NOS/c14-7-3-4-11-8-12(15-10-11)9-13-5-1-2-6-13/h8,10,14H,1-2,5-7,9H2. The van der Waals surface area contributed by atoms with E-state index in [1.54, 1.807) is 11.3 Å². The summed E-state index contributed by atoms with van der Waals surface area (Å²) in [5.41, 5.74) is 1.03. The summed E-state index contributed by atoms with van der Waals surface area (Å²) in [5, 5.41) is 10.6. The van der Waals surface area contributed by atoms with Crippen LogP contribution in [-0.4, -0.2) is 29.7 Å². The molecule has 0 unspecified atom stereocenters. The molecule has 1 aromatic rings. The quantitative estimate of drug-likeness (QED) is 0.768. The molecule has 1 aliphatic heterocycles. The fraction of sp³-hybridized carbons (Fsp3) is 0.500. The van der Waals surface area contributed by atoms with Gasteiger partial charge in [0.2, 0.25) is 0 Å². The zero-order valence-corrected chi connectivity index (χ0v) is 9.52. The molecule has 0 radical (unpaired) electrons. The lowest BCUT2D eigenvalue weighted by Gasteiger charge is -2.12. The maximum Gasteiger partial charge on any atom is 0.104 e. The van der Waals surface area contributed by atoms with Crippen molar-refractivity contribution in [2.24, 2.45) is 0 Å². The molecule has 1 saturated heterocycles. The highest BCUT2D eigenvalue weighted by molar-refractivity contribution is 7.10. The number of aliphatic hydroxyl groups is 1. The van der Waals surface area contributed by atoms with Gasteiger partial charge in [-0.05, 0) is 32.0 Å². The first kappa shape index (κ1) is 10.7. The molecular weight excluding hydrogens is 206 g/mol. The molecule has 0 aromatic carbocycles. The largest absolute Gasteiger partial charge is 0.384 e. The summed E-state index contributed by atoms with van der Waals surface area (Å²) in [7, 11) is 0. The third kappa shape index (κ3) is 3.07. The van der Waals surface area contributed by atoms with Gasteiger partial charge in [0, 0.05) is 22.4 Å². The summed E-state index contributed by atoms with van der Waals surface area (Å²) in [4.78, 5) is 3.86. The molecule has 1 aromatic heterocycles. The summed E-state index contributed by atoms with van der Waals surface area (Å²) < 4.78 is 0.